The number of rotatable bonds is 3. The van der Waals surface area contributed by atoms with Crippen LogP contribution in [0.2, 0.25) is 0 Å². The van der Waals surface area contributed by atoms with Crippen LogP contribution in [-0.2, 0) is 5.75 Å². The smallest absolute Gasteiger partial charge is 0.199 e. The molecule has 120 valence electrons. The molecule has 22 heavy (non-hydrogen) atoms. The van der Waals surface area contributed by atoms with Gasteiger partial charge >= 0.3 is 0 Å². The van der Waals surface area contributed by atoms with Crippen LogP contribution in [0, 0.1) is 37.1 Å². The summed E-state index contributed by atoms with van der Waals surface area (Å²) in [6, 6.07) is 6.60. The minimum absolute atomic E-state index is 0.421. The summed E-state index contributed by atoms with van der Waals surface area (Å²) in [6.45, 7) is 2.80. The number of hydrogen-bond donors (Lipinski definition) is 2. The maximum Gasteiger partial charge on any atom is 0.199 e. The fourth-order valence-electron chi connectivity index (χ4n) is 2.10. The Morgan fingerprint density at radius 3 is 1.86 bits per heavy atom. The Bertz CT molecular complexity index is 685. The zero-order valence-electron chi connectivity index (χ0n) is 11.8. The van der Waals surface area contributed by atoms with Gasteiger partial charge in [0.15, 0.2) is 23.3 Å². The highest BCUT2D eigenvalue weighted by Crippen LogP contribution is 2.54. The molecule has 0 spiro atoms. The highest BCUT2D eigenvalue weighted by molar-refractivity contribution is 8.23. The van der Waals surface area contributed by atoms with Crippen LogP contribution in [0.4, 0.5) is 17.6 Å². The molecule has 0 heterocycles. The first-order valence-corrected chi connectivity index (χ1v) is 8.00. The molecular weight excluding hydrogens is 320 g/mol. The van der Waals surface area contributed by atoms with E-state index in [0.29, 0.717) is 5.56 Å². The molecule has 2 N–H and O–H groups in total. The number of benzene rings is 2. The number of halogens is 4. The Balaban J connectivity index is 2.51. The molecule has 7 heteroatoms. The summed E-state index contributed by atoms with van der Waals surface area (Å²) in [5.74, 6) is -7.84. The van der Waals surface area contributed by atoms with Crippen LogP contribution in [-0.4, -0.2) is 9.11 Å². The van der Waals surface area contributed by atoms with Gasteiger partial charge in [0.1, 0.15) is 4.90 Å². The van der Waals surface area contributed by atoms with E-state index >= 15 is 0 Å². The van der Waals surface area contributed by atoms with Crippen LogP contribution in [0.25, 0.3) is 0 Å². The molecule has 0 bridgehead atoms. The summed E-state index contributed by atoms with van der Waals surface area (Å²) in [6.07, 6.45) is 0. The molecule has 0 aromatic heterocycles. The lowest BCUT2D eigenvalue weighted by molar-refractivity contribution is 0.386. The summed E-state index contributed by atoms with van der Waals surface area (Å²) >= 11 is 0. The second-order valence-electron chi connectivity index (χ2n) is 5.01. The van der Waals surface area contributed by atoms with Gasteiger partial charge in [0.2, 0.25) is 0 Å². The maximum atomic E-state index is 13.9. The zero-order valence-corrected chi connectivity index (χ0v) is 12.6. The SMILES string of the molecule is Cc1ccc(CS(O)(O)c2c(C)c(F)c(F)c(F)c2F)cc1. The first-order chi connectivity index (χ1) is 10.1. The number of hydrogen-bond acceptors (Lipinski definition) is 2. The van der Waals surface area contributed by atoms with Crippen molar-refractivity contribution in [2.24, 2.45) is 0 Å². The second-order valence-corrected chi connectivity index (χ2v) is 7.04. The van der Waals surface area contributed by atoms with Gasteiger partial charge in [0.05, 0.1) is 5.75 Å². The Hall–Kier alpha value is -1.57. The molecule has 0 radical (unpaired) electrons. The van der Waals surface area contributed by atoms with Crippen molar-refractivity contribution in [3.8, 4) is 0 Å². The van der Waals surface area contributed by atoms with Crippen molar-refractivity contribution in [2.75, 3.05) is 0 Å². The molecule has 2 rings (SSSR count). The Morgan fingerprint density at radius 1 is 0.818 bits per heavy atom. The van der Waals surface area contributed by atoms with E-state index in [0.717, 1.165) is 12.5 Å². The third-order valence-corrected chi connectivity index (χ3v) is 5.14. The van der Waals surface area contributed by atoms with Gasteiger partial charge in [-0.25, -0.2) is 17.6 Å². The minimum Gasteiger partial charge on any atom is -0.294 e. The van der Waals surface area contributed by atoms with E-state index in [2.05, 4.69) is 0 Å². The van der Waals surface area contributed by atoms with Gasteiger partial charge in [0.25, 0.3) is 0 Å². The van der Waals surface area contributed by atoms with Crippen LogP contribution in [0.1, 0.15) is 16.7 Å². The highest BCUT2D eigenvalue weighted by Gasteiger charge is 2.31. The van der Waals surface area contributed by atoms with E-state index in [9.17, 15) is 26.7 Å². The molecule has 0 unspecified atom stereocenters. The fourth-order valence-corrected chi connectivity index (χ4v) is 3.86. The van der Waals surface area contributed by atoms with Crippen LogP contribution in [0.5, 0.6) is 0 Å². The first kappa shape index (κ1) is 16.8. The van der Waals surface area contributed by atoms with Crippen molar-refractivity contribution in [3.05, 3.63) is 64.2 Å². The molecular formula is C15H14F4O2S. The Kier molecular flexibility index (Phi) is 4.51. The molecule has 0 saturated heterocycles. The molecule has 0 amide bonds. The van der Waals surface area contributed by atoms with Gasteiger partial charge in [-0.15, -0.1) is 0 Å². The molecule has 0 aliphatic heterocycles. The van der Waals surface area contributed by atoms with Crippen molar-refractivity contribution < 1.29 is 26.7 Å². The summed E-state index contributed by atoms with van der Waals surface area (Å²) in [4.78, 5) is -0.926. The quantitative estimate of drug-likeness (QED) is 0.462. The van der Waals surface area contributed by atoms with Crippen molar-refractivity contribution in [1.82, 2.24) is 0 Å². The summed E-state index contributed by atoms with van der Waals surface area (Å²) in [5, 5.41) is 0. The molecule has 2 aromatic carbocycles. The molecule has 0 aliphatic rings. The van der Waals surface area contributed by atoms with Gasteiger partial charge in [-0.05, 0) is 19.4 Å². The van der Waals surface area contributed by atoms with Crippen molar-refractivity contribution in [1.29, 1.82) is 0 Å². The zero-order chi connectivity index (χ0) is 16.7. The van der Waals surface area contributed by atoms with Crippen LogP contribution < -0.4 is 0 Å². The summed E-state index contributed by atoms with van der Waals surface area (Å²) in [7, 11) is -3.87. The van der Waals surface area contributed by atoms with Crippen molar-refractivity contribution >= 4 is 10.6 Å². The average Bonchev–Trinajstić information content (AvgIpc) is 2.45. The van der Waals surface area contributed by atoms with E-state index in [-0.39, 0.29) is 0 Å². The summed E-state index contributed by atoms with van der Waals surface area (Å²) in [5.41, 5.74) is 0.736. The Labute approximate surface area is 126 Å². The first-order valence-electron chi connectivity index (χ1n) is 6.29. The Morgan fingerprint density at radius 2 is 1.32 bits per heavy atom. The monoisotopic (exact) mass is 334 g/mol. The van der Waals surface area contributed by atoms with E-state index in [1.165, 1.54) is 0 Å². The lowest BCUT2D eigenvalue weighted by Gasteiger charge is -2.34. The van der Waals surface area contributed by atoms with Gasteiger partial charge in [-0.3, -0.25) is 9.11 Å². The fraction of sp³-hybridized carbons (Fsp3) is 0.200. The molecule has 2 aromatic rings. The second kappa shape index (κ2) is 5.91. The number of aryl methyl sites for hydroxylation is 1. The van der Waals surface area contributed by atoms with E-state index < -0.39 is 50.1 Å². The van der Waals surface area contributed by atoms with Gasteiger partial charge in [-0.1, -0.05) is 29.8 Å². The molecule has 0 aliphatic carbocycles. The lowest BCUT2D eigenvalue weighted by Crippen LogP contribution is -2.11. The lowest BCUT2D eigenvalue weighted by atomic mass is 10.2. The minimum atomic E-state index is -3.87. The van der Waals surface area contributed by atoms with Crippen molar-refractivity contribution in [3.63, 3.8) is 0 Å². The molecule has 2 nitrogen and oxygen atoms in total. The van der Waals surface area contributed by atoms with Gasteiger partial charge in [-0.2, -0.15) is 10.6 Å². The topological polar surface area (TPSA) is 40.5 Å². The third kappa shape index (κ3) is 2.97. The van der Waals surface area contributed by atoms with Crippen LogP contribution >= 0.6 is 10.6 Å². The van der Waals surface area contributed by atoms with E-state index in [1.54, 1.807) is 24.3 Å². The largest absolute Gasteiger partial charge is 0.294 e. The molecule has 0 atom stereocenters. The normalized spacial score (nSPS) is 12.5. The van der Waals surface area contributed by atoms with E-state index in [1.807, 2.05) is 6.92 Å². The molecule has 0 fully saturated rings. The average molecular weight is 334 g/mol. The van der Waals surface area contributed by atoms with Crippen LogP contribution in [0.3, 0.4) is 0 Å². The van der Waals surface area contributed by atoms with Gasteiger partial charge in [0, 0.05) is 5.56 Å². The summed E-state index contributed by atoms with van der Waals surface area (Å²) < 4.78 is 74.3. The maximum absolute atomic E-state index is 13.9. The molecule has 0 saturated carbocycles. The third-order valence-electron chi connectivity index (χ3n) is 3.26. The van der Waals surface area contributed by atoms with Crippen molar-refractivity contribution in [2.45, 2.75) is 24.5 Å². The predicted octanol–water partition coefficient (Wildman–Crippen LogP) is 5.17. The predicted molar refractivity (Wildman–Crippen MR) is 77.0 cm³/mol. The standard InChI is InChI=1S/C15H14F4O2S/c1-8-3-5-10(6-4-8)7-22(20,21)15-9(2)11(16)12(17)13(18)14(15)19/h3-6,20-21H,7H2,1-2H3. The van der Waals surface area contributed by atoms with Crippen LogP contribution in [0.15, 0.2) is 29.2 Å². The highest BCUT2D eigenvalue weighted by atomic mass is 32.3. The van der Waals surface area contributed by atoms with Gasteiger partial charge < -0.3 is 0 Å². The van der Waals surface area contributed by atoms with E-state index in [4.69, 9.17) is 0 Å².